The molecular formula is C15H14O2. The predicted octanol–water partition coefficient (Wildman–Crippen LogP) is 3.65. The van der Waals surface area contributed by atoms with E-state index in [0.29, 0.717) is 6.42 Å². The third-order valence-corrected chi connectivity index (χ3v) is 2.71. The van der Waals surface area contributed by atoms with Gasteiger partial charge in [-0.1, -0.05) is 37.3 Å². The molecule has 0 unspecified atom stereocenters. The molecule has 0 bridgehead atoms. The molecule has 0 aromatic heterocycles. The lowest BCUT2D eigenvalue weighted by Gasteiger charge is -2.04. The first-order valence-corrected chi connectivity index (χ1v) is 5.63. The van der Waals surface area contributed by atoms with E-state index < -0.39 is 0 Å². The summed E-state index contributed by atoms with van der Waals surface area (Å²) in [5.41, 5.74) is 2.72. The summed E-state index contributed by atoms with van der Waals surface area (Å²) in [6.07, 6.45) is 0.513. The summed E-state index contributed by atoms with van der Waals surface area (Å²) in [5, 5.41) is 9.23. The number of phenols is 1. The van der Waals surface area contributed by atoms with E-state index in [4.69, 9.17) is 0 Å². The number of benzene rings is 2. The van der Waals surface area contributed by atoms with Crippen LogP contribution in [0, 0.1) is 0 Å². The second-order valence-corrected chi connectivity index (χ2v) is 3.90. The zero-order valence-electron chi connectivity index (χ0n) is 9.68. The van der Waals surface area contributed by atoms with Crippen LogP contribution in [0.15, 0.2) is 48.5 Å². The summed E-state index contributed by atoms with van der Waals surface area (Å²) in [4.78, 5) is 11.6. The second-order valence-electron chi connectivity index (χ2n) is 3.90. The van der Waals surface area contributed by atoms with E-state index in [1.165, 1.54) is 0 Å². The van der Waals surface area contributed by atoms with Gasteiger partial charge in [-0.25, -0.2) is 0 Å². The molecule has 2 aromatic carbocycles. The van der Waals surface area contributed by atoms with Crippen LogP contribution in [0.3, 0.4) is 0 Å². The highest BCUT2D eigenvalue weighted by molar-refractivity contribution is 5.96. The smallest absolute Gasteiger partial charge is 0.162 e. The van der Waals surface area contributed by atoms with Crippen molar-refractivity contribution in [2.75, 3.05) is 0 Å². The molecule has 2 nitrogen and oxygen atoms in total. The number of rotatable bonds is 3. The lowest BCUT2D eigenvalue weighted by Crippen LogP contribution is -1.96. The average molecular weight is 226 g/mol. The summed E-state index contributed by atoms with van der Waals surface area (Å²) in [6.45, 7) is 1.86. The van der Waals surface area contributed by atoms with E-state index in [1.54, 1.807) is 12.1 Å². The second kappa shape index (κ2) is 4.83. The summed E-state index contributed by atoms with van der Waals surface area (Å²) >= 11 is 0. The van der Waals surface area contributed by atoms with Gasteiger partial charge in [0.1, 0.15) is 5.75 Å². The zero-order chi connectivity index (χ0) is 12.3. The third kappa shape index (κ3) is 2.53. The molecule has 86 valence electrons. The average Bonchev–Trinajstić information content (AvgIpc) is 2.39. The van der Waals surface area contributed by atoms with Gasteiger partial charge in [0, 0.05) is 12.0 Å². The molecule has 2 aromatic rings. The van der Waals surface area contributed by atoms with Crippen LogP contribution in [0.25, 0.3) is 11.1 Å². The van der Waals surface area contributed by atoms with E-state index >= 15 is 0 Å². The fourth-order valence-corrected chi connectivity index (χ4v) is 1.73. The number of ketones is 1. The summed E-state index contributed by atoms with van der Waals surface area (Å²) in [6, 6.07) is 14.5. The Morgan fingerprint density at radius 3 is 2.41 bits per heavy atom. The van der Waals surface area contributed by atoms with Crippen LogP contribution in [0.5, 0.6) is 5.75 Å². The van der Waals surface area contributed by atoms with Crippen LogP contribution in [-0.2, 0) is 0 Å². The van der Waals surface area contributed by atoms with Crippen LogP contribution < -0.4 is 0 Å². The van der Waals surface area contributed by atoms with E-state index in [1.807, 2.05) is 43.3 Å². The molecule has 0 aliphatic carbocycles. The number of carbonyl (C=O) groups excluding carboxylic acids is 1. The Morgan fingerprint density at radius 2 is 1.76 bits per heavy atom. The molecule has 0 saturated heterocycles. The Bertz CT molecular complexity index is 527. The van der Waals surface area contributed by atoms with Gasteiger partial charge in [-0.3, -0.25) is 4.79 Å². The molecule has 0 saturated carbocycles. The van der Waals surface area contributed by atoms with Crippen molar-refractivity contribution in [1.29, 1.82) is 0 Å². The maximum absolute atomic E-state index is 11.6. The molecule has 2 heteroatoms. The normalized spacial score (nSPS) is 10.2. The number of aromatic hydroxyl groups is 1. The van der Waals surface area contributed by atoms with E-state index in [-0.39, 0.29) is 11.5 Å². The van der Waals surface area contributed by atoms with Crippen molar-refractivity contribution in [2.45, 2.75) is 13.3 Å². The van der Waals surface area contributed by atoms with Crippen LogP contribution in [0.4, 0.5) is 0 Å². The standard InChI is InChI=1S/C15H14O2/c1-2-15(17)13-5-3-4-12(10-13)11-6-8-14(16)9-7-11/h3-10,16H,2H2,1H3. The van der Waals surface area contributed by atoms with E-state index in [9.17, 15) is 9.90 Å². The van der Waals surface area contributed by atoms with Gasteiger partial charge in [0.05, 0.1) is 0 Å². The molecule has 0 atom stereocenters. The van der Waals surface area contributed by atoms with Crippen molar-refractivity contribution in [3.05, 3.63) is 54.1 Å². The predicted molar refractivity (Wildman–Crippen MR) is 68.2 cm³/mol. The molecule has 0 aliphatic rings. The molecule has 0 fully saturated rings. The highest BCUT2D eigenvalue weighted by Crippen LogP contribution is 2.23. The van der Waals surface area contributed by atoms with Crippen molar-refractivity contribution in [3.8, 4) is 16.9 Å². The lowest BCUT2D eigenvalue weighted by molar-refractivity contribution is 0.0988. The van der Waals surface area contributed by atoms with Crippen LogP contribution in [-0.4, -0.2) is 10.9 Å². The molecule has 1 N–H and O–H groups in total. The first-order chi connectivity index (χ1) is 8.20. The maximum Gasteiger partial charge on any atom is 0.162 e. The topological polar surface area (TPSA) is 37.3 Å². The van der Waals surface area contributed by atoms with Crippen LogP contribution >= 0.6 is 0 Å². The molecule has 0 spiro atoms. The molecule has 0 amide bonds. The number of hydrogen-bond acceptors (Lipinski definition) is 2. The van der Waals surface area contributed by atoms with E-state index in [0.717, 1.165) is 16.7 Å². The van der Waals surface area contributed by atoms with Gasteiger partial charge in [-0.15, -0.1) is 0 Å². The van der Waals surface area contributed by atoms with Gasteiger partial charge in [0.2, 0.25) is 0 Å². The first kappa shape index (κ1) is 11.4. The van der Waals surface area contributed by atoms with Crippen molar-refractivity contribution < 1.29 is 9.90 Å². The van der Waals surface area contributed by atoms with Crippen molar-refractivity contribution in [2.24, 2.45) is 0 Å². The van der Waals surface area contributed by atoms with Gasteiger partial charge < -0.3 is 5.11 Å². The van der Waals surface area contributed by atoms with Gasteiger partial charge >= 0.3 is 0 Å². The zero-order valence-corrected chi connectivity index (χ0v) is 9.68. The number of hydrogen-bond donors (Lipinski definition) is 1. The largest absolute Gasteiger partial charge is 0.508 e. The third-order valence-electron chi connectivity index (χ3n) is 2.71. The quantitative estimate of drug-likeness (QED) is 0.811. The molecule has 0 aliphatic heterocycles. The minimum Gasteiger partial charge on any atom is -0.508 e. The monoisotopic (exact) mass is 226 g/mol. The minimum atomic E-state index is 0.144. The summed E-state index contributed by atoms with van der Waals surface area (Å²) in [5.74, 6) is 0.389. The van der Waals surface area contributed by atoms with Gasteiger partial charge in [0.25, 0.3) is 0 Å². The van der Waals surface area contributed by atoms with Gasteiger partial charge in [0.15, 0.2) is 5.78 Å². The molecule has 2 rings (SSSR count). The van der Waals surface area contributed by atoms with Gasteiger partial charge in [-0.2, -0.15) is 0 Å². The highest BCUT2D eigenvalue weighted by Gasteiger charge is 2.04. The molecular weight excluding hydrogens is 212 g/mol. The fourth-order valence-electron chi connectivity index (χ4n) is 1.73. The van der Waals surface area contributed by atoms with Crippen molar-refractivity contribution >= 4 is 5.78 Å². The Morgan fingerprint density at radius 1 is 1.06 bits per heavy atom. The first-order valence-electron chi connectivity index (χ1n) is 5.63. The Hall–Kier alpha value is -2.09. The van der Waals surface area contributed by atoms with Gasteiger partial charge in [-0.05, 0) is 29.3 Å². The molecule has 0 heterocycles. The fraction of sp³-hybridized carbons (Fsp3) is 0.133. The maximum atomic E-state index is 11.6. The number of Topliss-reactive ketones (excluding diaryl/α,β-unsaturated/α-hetero) is 1. The lowest BCUT2D eigenvalue weighted by atomic mass is 10.0. The Balaban J connectivity index is 2.39. The number of phenolic OH excluding ortho intramolecular Hbond substituents is 1. The minimum absolute atomic E-state index is 0.144. The van der Waals surface area contributed by atoms with Crippen molar-refractivity contribution in [1.82, 2.24) is 0 Å². The van der Waals surface area contributed by atoms with Crippen molar-refractivity contribution in [3.63, 3.8) is 0 Å². The number of carbonyl (C=O) groups is 1. The van der Waals surface area contributed by atoms with Crippen LogP contribution in [0.2, 0.25) is 0 Å². The van der Waals surface area contributed by atoms with Crippen LogP contribution in [0.1, 0.15) is 23.7 Å². The molecule has 17 heavy (non-hydrogen) atoms. The summed E-state index contributed by atoms with van der Waals surface area (Å²) in [7, 11) is 0. The van der Waals surface area contributed by atoms with E-state index in [2.05, 4.69) is 0 Å². The Labute approximate surface area is 101 Å². The Kier molecular flexibility index (Phi) is 3.24. The SMILES string of the molecule is CCC(=O)c1cccc(-c2ccc(O)cc2)c1. The molecule has 0 radical (unpaired) electrons. The summed E-state index contributed by atoms with van der Waals surface area (Å²) < 4.78 is 0. The highest BCUT2D eigenvalue weighted by atomic mass is 16.3.